The lowest BCUT2D eigenvalue weighted by Gasteiger charge is -2.32. The van der Waals surface area contributed by atoms with Crippen molar-refractivity contribution in [2.45, 2.75) is 55.2 Å². The number of thioether (sulfide) groups is 1. The molecule has 1 atom stereocenters. The predicted octanol–water partition coefficient (Wildman–Crippen LogP) is 3.98. The Morgan fingerprint density at radius 2 is 1.83 bits per heavy atom. The lowest BCUT2D eigenvalue weighted by molar-refractivity contribution is -0.131. The van der Waals surface area contributed by atoms with Gasteiger partial charge in [-0.05, 0) is 38.0 Å². The van der Waals surface area contributed by atoms with Crippen molar-refractivity contribution in [1.29, 1.82) is 0 Å². The van der Waals surface area contributed by atoms with Crippen LogP contribution in [0.1, 0.15) is 39.0 Å². The molecule has 0 aliphatic heterocycles. The van der Waals surface area contributed by atoms with Crippen molar-refractivity contribution in [2.24, 2.45) is 0 Å². The highest BCUT2D eigenvalue weighted by atomic mass is 32.2. The van der Waals surface area contributed by atoms with Gasteiger partial charge < -0.3 is 14.4 Å². The fourth-order valence-electron chi connectivity index (χ4n) is 3.08. The third-order valence-electron chi connectivity index (χ3n) is 4.49. The van der Waals surface area contributed by atoms with Crippen LogP contribution in [-0.4, -0.2) is 43.4 Å². The lowest BCUT2D eigenvalue weighted by atomic mass is 9.94. The summed E-state index contributed by atoms with van der Waals surface area (Å²) in [5, 5.41) is -0.111. The molecule has 5 heteroatoms. The van der Waals surface area contributed by atoms with Gasteiger partial charge >= 0.3 is 0 Å². The minimum atomic E-state index is -0.111. The standard InChI is InChI=1S/C18H27NO3S/c1-13(18(20)19(2)14-8-6-5-7-9-14)23-15-10-11-16(21-3)17(12-15)22-4/h10-14H,5-9H2,1-4H3/t13-/m0/s1. The van der Waals surface area contributed by atoms with Gasteiger partial charge in [-0.1, -0.05) is 19.3 Å². The molecule has 4 nitrogen and oxygen atoms in total. The smallest absolute Gasteiger partial charge is 0.235 e. The highest BCUT2D eigenvalue weighted by molar-refractivity contribution is 8.00. The Morgan fingerprint density at radius 1 is 1.17 bits per heavy atom. The number of hydrogen-bond donors (Lipinski definition) is 0. The van der Waals surface area contributed by atoms with Crippen LogP contribution < -0.4 is 9.47 Å². The van der Waals surface area contributed by atoms with Gasteiger partial charge in [-0.15, -0.1) is 11.8 Å². The fourth-order valence-corrected chi connectivity index (χ4v) is 4.08. The second-order valence-electron chi connectivity index (χ2n) is 6.02. The number of methoxy groups -OCH3 is 2. The first-order valence-electron chi connectivity index (χ1n) is 8.22. The molecule has 1 aromatic rings. The monoisotopic (exact) mass is 337 g/mol. The van der Waals surface area contributed by atoms with Crippen molar-refractivity contribution in [2.75, 3.05) is 21.3 Å². The third-order valence-corrected chi connectivity index (χ3v) is 5.57. The van der Waals surface area contributed by atoms with Gasteiger partial charge in [-0.25, -0.2) is 0 Å². The maximum Gasteiger partial charge on any atom is 0.235 e. The molecule has 0 N–H and O–H groups in total. The third kappa shape index (κ3) is 4.56. The zero-order chi connectivity index (χ0) is 16.8. The highest BCUT2D eigenvalue weighted by Crippen LogP contribution is 2.34. The van der Waals surface area contributed by atoms with E-state index in [0.717, 1.165) is 17.7 Å². The first kappa shape index (κ1) is 18.0. The molecule has 0 spiro atoms. The van der Waals surface area contributed by atoms with Crippen LogP contribution in [0.15, 0.2) is 23.1 Å². The van der Waals surface area contributed by atoms with Crippen molar-refractivity contribution in [3.05, 3.63) is 18.2 Å². The Morgan fingerprint density at radius 3 is 2.43 bits per heavy atom. The number of benzene rings is 1. The Labute approximate surface area is 143 Å². The van der Waals surface area contributed by atoms with Gasteiger partial charge in [0.25, 0.3) is 0 Å². The van der Waals surface area contributed by atoms with Gasteiger partial charge in [0.05, 0.1) is 19.5 Å². The molecular formula is C18H27NO3S. The van der Waals surface area contributed by atoms with Crippen LogP contribution >= 0.6 is 11.8 Å². The van der Waals surface area contributed by atoms with E-state index in [-0.39, 0.29) is 11.2 Å². The molecule has 1 fully saturated rings. The van der Waals surface area contributed by atoms with Crippen LogP contribution in [0.5, 0.6) is 11.5 Å². The number of ether oxygens (including phenoxy) is 2. The molecule has 23 heavy (non-hydrogen) atoms. The molecule has 1 aromatic carbocycles. The van der Waals surface area contributed by atoms with Gasteiger partial charge in [0.15, 0.2) is 11.5 Å². The maximum absolute atomic E-state index is 12.7. The molecule has 2 rings (SSSR count). The summed E-state index contributed by atoms with van der Waals surface area (Å²) in [4.78, 5) is 15.6. The summed E-state index contributed by atoms with van der Waals surface area (Å²) < 4.78 is 10.6. The quantitative estimate of drug-likeness (QED) is 0.736. The second-order valence-corrected chi connectivity index (χ2v) is 7.43. The van der Waals surface area contributed by atoms with Gasteiger partial charge in [0, 0.05) is 18.0 Å². The highest BCUT2D eigenvalue weighted by Gasteiger charge is 2.26. The Hall–Kier alpha value is -1.36. The van der Waals surface area contributed by atoms with Crippen molar-refractivity contribution in [1.82, 2.24) is 4.90 Å². The fraction of sp³-hybridized carbons (Fsp3) is 0.611. The number of nitrogens with zero attached hydrogens (tertiary/aromatic N) is 1. The molecule has 1 amide bonds. The van der Waals surface area contributed by atoms with Gasteiger partial charge in [-0.3, -0.25) is 4.79 Å². The molecule has 128 valence electrons. The van der Waals surface area contributed by atoms with Crippen molar-refractivity contribution in [3.63, 3.8) is 0 Å². The first-order chi connectivity index (χ1) is 11.1. The number of amides is 1. The van der Waals surface area contributed by atoms with E-state index in [1.807, 2.05) is 37.1 Å². The van der Waals surface area contributed by atoms with E-state index in [0.29, 0.717) is 17.5 Å². The van der Waals surface area contributed by atoms with E-state index in [4.69, 9.17) is 9.47 Å². The van der Waals surface area contributed by atoms with Gasteiger partial charge in [0.1, 0.15) is 0 Å². The Bertz CT molecular complexity index is 529. The number of carbonyl (C=O) groups excluding carboxylic acids is 1. The van der Waals surface area contributed by atoms with Crippen LogP contribution in [0.25, 0.3) is 0 Å². The summed E-state index contributed by atoms with van der Waals surface area (Å²) in [5.41, 5.74) is 0. The Kier molecular flexibility index (Phi) is 6.63. The maximum atomic E-state index is 12.7. The molecule has 0 heterocycles. The molecule has 0 radical (unpaired) electrons. The van der Waals surface area contributed by atoms with E-state index < -0.39 is 0 Å². The molecule has 0 aromatic heterocycles. The van der Waals surface area contributed by atoms with Gasteiger partial charge in [-0.2, -0.15) is 0 Å². The normalized spacial score (nSPS) is 16.7. The Balaban J connectivity index is 2.00. The molecule has 0 saturated heterocycles. The number of carbonyl (C=O) groups is 1. The van der Waals surface area contributed by atoms with Crippen molar-refractivity contribution in [3.8, 4) is 11.5 Å². The minimum absolute atomic E-state index is 0.111. The molecule has 1 aliphatic rings. The number of hydrogen-bond acceptors (Lipinski definition) is 4. The average Bonchev–Trinajstić information content (AvgIpc) is 2.60. The zero-order valence-electron chi connectivity index (χ0n) is 14.5. The first-order valence-corrected chi connectivity index (χ1v) is 9.10. The zero-order valence-corrected chi connectivity index (χ0v) is 15.3. The summed E-state index contributed by atoms with van der Waals surface area (Å²) in [6, 6.07) is 6.18. The summed E-state index contributed by atoms with van der Waals surface area (Å²) >= 11 is 1.57. The van der Waals surface area contributed by atoms with Crippen LogP contribution in [0.4, 0.5) is 0 Å². The minimum Gasteiger partial charge on any atom is -0.493 e. The molecule has 1 saturated carbocycles. The van der Waals surface area contributed by atoms with E-state index in [1.165, 1.54) is 19.3 Å². The SMILES string of the molecule is COc1ccc(S[C@@H](C)C(=O)N(C)C2CCCCC2)cc1OC. The van der Waals surface area contributed by atoms with Crippen LogP contribution in [0, 0.1) is 0 Å². The molecule has 0 bridgehead atoms. The topological polar surface area (TPSA) is 38.8 Å². The predicted molar refractivity (Wildman–Crippen MR) is 94.5 cm³/mol. The molecule has 0 unspecified atom stereocenters. The van der Waals surface area contributed by atoms with Gasteiger partial charge in [0.2, 0.25) is 5.91 Å². The van der Waals surface area contributed by atoms with E-state index in [9.17, 15) is 4.79 Å². The van der Waals surface area contributed by atoms with E-state index >= 15 is 0 Å². The summed E-state index contributed by atoms with van der Waals surface area (Å²) in [6.07, 6.45) is 6.04. The van der Waals surface area contributed by atoms with Crippen molar-refractivity contribution >= 4 is 17.7 Å². The van der Waals surface area contributed by atoms with Crippen LogP contribution in [-0.2, 0) is 4.79 Å². The summed E-state index contributed by atoms with van der Waals surface area (Å²) in [5.74, 6) is 1.60. The number of rotatable bonds is 6. The summed E-state index contributed by atoms with van der Waals surface area (Å²) in [7, 11) is 5.19. The van der Waals surface area contributed by atoms with E-state index in [1.54, 1.807) is 26.0 Å². The van der Waals surface area contributed by atoms with Crippen molar-refractivity contribution < 1.29 is 14.3 Å². The molecule has 1 aliphatic carbocycles. The average molecular weight is 337 g/mol. The lowest BCUT2D eigenvalue weighted by Crippen LogP contribution is -2.42. The molecular weight excluding hydrogens is 310 g/mol. The summed E-state index contributed by atoms with van der Waals surface area (Å²) in [6.45, 7) is 1.98. The van der Waals surface area contributed by atoms with E-state index in [2.05, 4.69) is 0 Å². The largest absolute Gasteiger partial charge is 0.493 e. The van der Waals surface area contributed by atoms with Crippen LogP contribution in [0.2, 0.25) is 0 Å². The van der Waals surface area contributed by atoms with Crippen LogP contribution in [0.3, 0.4) is 0 Å². The second kappa shape index (κ2) is 8.48.